The van der Waals surface area contributed by atoms with Gasteiger partial charge in [-0.15, -0.1) is 0 Å². The number of halogens is 4. The first-order valence-corrected chi connectivity index (χ1v) is 13.2. The summed E-state index contributed by atoms with van der Waals surface area (Å²) in [6.07, 6.45) is 0.264. The van der Waals surface area contributed by atoms with Gasteiger partial charge in [0.2, 0.25) is 5.91 Å². The number of carbonyl (C=O) groups is 1. The number of benzene rings is 2. The predicted octanol–water partition coefficient (Wildman–Crippen LogP) is 5.37. The standard InChI is InChI=1S/C28H27Cl2F2N3O4/c1-38-19-4-2-17(3-5-19)14-35-25(36)9-6-20-23(8-7-22(31)26(20)35)39-16-28(37)10-11-34(15-24(28)32)27-21(30)12-18(29)13-33-27/h2-5,7-8,12-13,24,37H,6,9-11,14-16H2,1H3. The molecule has 0 spiro atoms. The molecule has 0 bridgehead atoms. The lowest BCUT2D eigenvalue weighted by atomic mass is 9.90. The van der Waals surface area contributed by atoms with Crippen LogP contribution >= 0.6 is 23.2 Å². The van der Waals surface area contributed by atoms with E-state index in [0.717, 1.165) is 5.56 Å². The second kappa shape index (κ2) is 11.2. The summed E-state index contributed by atoms with van der Waals surface area (Å²) in [5.74, 6) is 0.610. The van der Waals surface area contributed by atoms with E-state index in [1.54, 1.807) is 24.1 Å². The molecule has 2 aliphatic rings. The highest BCUT2D eigenvalue weighted by Crippen LogP contribution is 2.39. The summed E-state index contributed by atoms with van der Waals surface area (Å²) in [4.78, 5) is 20.1. The van der Waals surface area contributed by atoms with E-state index in [4.69, 9.17) is 32.7 Å². The van der Waals surface area contributed by atoms with Crippen molar-refractivity contribution in [3.05, 3.63) is 75.7 Å². The number of nitrogens with zero attached hydrogens (tertiary/aromatic N) is 3. The SMILES string of the molecule is COc1ccc(CN2C(=O)CCc3c(OCC4(O)CCN(c5ncc(Cl)cc5Cl)CC4F)ccc(F)c32)cc1. The van der Waals surface area contributed by atoms with Crippen LogP contribution in [0.4, 0.5) is 20.3 Å². The van der Waals surface area contributed by atoms with Crippen LogP contribution < -0.4 is 19.3 Å². The lowest BCUT2D eigenvalue weighted by Crippen LogP contribution is -2.57. The van der Waals surface area contributed by atoms with Crippen molar-refractivity contribution in [2.45, 2.75) is 37.6 Å². The van der Waals surface area contributed by atoms with Crippen LogP contribution in [0.5, 0.6) is 11.5 Å². The van der Waals surface area contributed by atoms with E-state index in [-0.39, 0.29) is 50.6 Å². The summed E-state index contributed by atoms with van der Waals surface area (Å²) in [5.41, 5.74) is -0.318. The van der Waals surface area contributed by atoms with Gasteiger partial charge in [-0.05, 0) is 48.7 Å². The molecule has 1 amide bonds. The Morgan fingerprint density at radius 3 is 2.64 bits per heavy atom. The van der Waals surface area contributed by atoms with Gasteiger partial charge in [-0.2, -0.15) is 0 Å². The highest BCUT2D eigenvalue weighted by molar-refractivity contribution is 6.36. The molecule has 0 saturated carbocycles. The topological polar surface area (TPSA) is 75.1 Å². The molecule has 39 heavy (non-hydrogen) atoms. The van der Waals surface area contributed by atoms with Crippen LogP contribution in [0.2, 0.25) is 10.0 Å². The quantitative estimate of drug-likeness (QED) is 0.406. The maximum Gasteiger partial charge on any atom is 0.227 e. The Morgan fingerprint density at radius 1 is 1.18 bits per heavy atom. The lowest BCUT2D eigenvalue weighted by molar-refractivity contribution is -0.119. The average molecular weight is 578 g/mol. The zero-order chi connectivity index (χ0) is 27.7. The van der Waals surface area contributed by atoms with Gasteiger partial charge in [0.1, 0.15) is 41.5 Å². The Balaban J connectivity index is 1.32. The number of hydrogen-bond donors (Lipinski definition) is 1. The molecule has 7 nitrogen and oxygen atoms in total. The predicted molar refractivity (Wildman–Crippen MR) is 145 cm³/mol. The molecule has 206 valence electrons. The minimum Gasteiger partial charge on any atom is -0.497 e. The van der Waals surface area contributed by atoms with Crippen molar-refractivity contribution in [2.24, 2.45) is 0 Å². The van der Waals surface area contributed by atoms with Crippen LogP contribution in [-0.4, -0.2) is 54.6 Å². The van der Waals surface area contributed by atoms with Gasteiger partial charge in [-0.3, -0.25) is 4.79 Å². The first-order valence-electron chi connectivity index (χ1n) is 12.5. The minimum atomic E-state index is -1.77. The Morgan fingerprint density at radius 2 is 1.95 bits per heavy atom. The summed E-state index contributed by atoms with van der Waals surface area (Å²) >= 11 is 12.1. The van der Waals surface area contributed by atoms with Crippen molar-refractivity contribution in [1.29, 1.82) is 0 Å². The van der Waals surface area contributed by atoms with Gasteiger partial charge in [0.25, 0.3) is 0 Å². The monoisotopic (exact) mass is 577 g/mol. The fourth-order valence-corrected chi connectivity index (χ4v) is 5.47. The van der Waals surface area contributed by atoms with Gasteiger partial charge in [-0.25, -0.2) is 13.8 Å². The molecule has 1 aromatic heterocycles. The summed E-state index contributed by atoms with van der Waals surface area (Å²) in [6, 6.07) is 11.4. The molecule has 5 rings (SSSR count). The maximum absolute atomic E-state index is 15.3. The van der Waals surface area contributed by atoms with Gasteiger partial charge in [-0.1, -0.05) is 35.3 Å². The first-order chi connectivity index (χ1) is 18.7. The molecular formula is C28H27Cl2F2N3O4. The number of methoxy groups -OCH3 is 1. The van der Waals surface area contributed by atoms with E-state index in [9.17, 15) is 9.90 Å². The number of fused-ring (bicyclic) bond motifs is 1. The summed E-state index contributed by atoms with van der Waals surface area (Å²) < 4.78 is 41.5. The number of aromatic nitrogens is 1. The largest absolute Gasteiger partial charge is 0.497 e. The van der Waals surface area contributed by atoms with Crippen LogP contribution in [0.3, 0.4) is 0 Å². The van der Waals surface area contributed by atoms with E-state index in [2.05, 4.69) is 4.98 Å². The van der Waals surface area contributed by atoms with Crippen molar-refractivity contribution in [3.63, 3.8) is 0 Å². The second-order valence-corrected chi connectivity index (χ2v) is 10.6. The van der Waals surface area contributed by atoms with Gasteiger partial charge < -0.3 is 24.4 Å². The molecular weight excluding hydrogens is 551 g/mol. The summed E-state index contributed by atoms with van der Waals surface area (Å²) in [6.45, 7) is -0.0156. The third kappa shape index (κ3) is 5.62. The molecule has 2 aromatic carbocycles. The second-order valence-electron chi connectivity index (χ2n) is 9.72. The van der Waals surface area contributed by atoms with E-state index >= 15 is 8.78 Å². The number of pyridine rings is 1. The highest BCUT2D eigenvalue weighted by atomic mass is 35.5. The Hall–Kier alpha value is -3.14. The molecule has 0 aliphatic carbocycles. The van der Waals surface area contributed by atoms with Crippen molar-refractivity contribution in [2.75, 3.05) is 36.6 Å². The van der Waals surface area contributed by atoms with Crippen molar-refractivity contribution in [1.82, 2.24) is 4.98 Å². The normalized spacial score (nSPS) is 21.1. The Bertz CT molecular complexity index is 1380. The molecule has 11 heteroatoms. The number of amides is 1. The van der Waals surface area contributed by atoms with Crippen molar-refractivity contribution >= 4 is 40.6 Å². The third-order valence-electron chi connectivity index (χ3n) is 7.19. The highest BCUT2D eigenvalue weighted by Gasteiger charge is 2.44. The Labute approximate surface area is 234 Å². The average Bonchev–Trinajstić information content (AvgIpc) is 2.92. The first kappa shape index (κ1) is 27.4. The number of aliphatic hydroxyl groups is 1. The zero-order valence-corrected chi connectivity index (χ0v) is 22.7. The fraction of sp³-hybridized carbons (Fsp3) is 0.357. The number of ether oxygens (including phenoxy) is 2. The third-order valence-corrected chi connectivity index (χ3v) is 7.68. The van der Waals surface area contributed by atoms with Crippen molar-refractivity contribution < 1.29 is 28.2 Å². The fourth-order valence-electron chi connectivity index (χ4n) is 4.97. The van der Waals surface area contributed by atoms with E-state index in [1.165, 1.54) is 29.3 Å². The molecule has 0 radical (unpaired) electrons. The maximum atomic E-state index is 15.3. The van der Waals surface area contributed by atoms with Gasteiger partial charge in [0.15, 0.2) is 0 Å². The van der Waals surface area contributed by atoms with Crippen LogP contribution in [0.25, 0.3) is 0 Å². The van der Waals surface area contributed by atoms with Gasteiger partial charge >= 0.3 is 0 Å². The van der Waals surface area contributed by atoms with Crippen LogP contribution in [0, 0.1) is 5.82 Å². The molecule has 1 fully saturated rings. The van der Waals surface area contributed by atoms with Crippen LogP contribution in [-0.2, 0) is 17.8 Å². The molecule has 1 saturated heterocycles. The van der Waals surface area contributed by atoms with E-state index < -0.39 is 17.6 Å². The van der Waals surface area contributed by atoms with Gasteiger partial charge in [0, 0.05) is 24.7 Å². The molecule has 1 N–H and O–H groups in total. The molecule has 2 atom stereocenters. The molecule has 2 aliphatic heterocycles. The molecule has 2 unspecified atom stereocenters. The summed E-state index contributed by atoms with van der Waals surface area (Å²) in [5, 5.41) is 11.8. The number of anilines is 2. The van der Waals surface area contributed by atoms with E-state index in [0.29, 0.717) is 39.5 Å². The number of piperidine rings is 1. The number of rotatable bonds is 7. The smallest absolute Gasteiger partial charge is 0.227 e. The zero-order valence-electron chi connectivity index (χ0n) is 21.2. The minimum absolute atomic E-state index is 0.0558. The lowest BCUT2D eigenvalue weighted by Gasteiger charge is -2.41. The van der Waals surface area contributed by atoms with E-state index in [1.807, 2.05) is 12.1 Å². The van der Waals surface area contributed by atoms with Gasteiger partial charge in [0.05, 0.1) is 35.9 Å². The number of hydrogen-bond acceptors (Lipinski definition) is 6. The molecule has 3 heterocycles. The summed E-state index contributed by atoms with van der Waals surface area (Å²) in [7, 11) is 1.56. The van der Waals surface area contributed by atoms with Crippen LogP contribution in [0.1, 0.15) is 24.0 Å². The molecule has 3 aromatic rings. The number of alkyl halides is 1. The van der Waals surface area contributed by atoms with Crippen molar-refractivity contribution in [3.8, 4) is 11.5 Å². The van der Waals surface area contributed by atoms with Crippen LogP contribution in [0.15, 0.2) is 48.7 Å². The Kier molecular flexibility index (Phi) is 7.84. The number of carbonyl (C=O) groups excluding carboxylic acids is 1.